The van der Waals surface area contributed by atoms with Gasteiger partial charge in [0.05, 0.1) is 11.1 Å². The third kappa shape index (κ3) is 2.97. The molecular formula is C12H13ClN2OS. The molecule has 17 heavy (non-hydrogen) atoms. The highest BCUT2D eigenvalue weighted by Gasteiger charge is 2.09. The molecule has 0 radical (unpaired) electrons. The summed E-state index contributed by atoms with van der Waals surface area (Å²) in [5.74, 6) is 0.146. The van der Waals surface area contributed by atoms with Crippen LogP contribution in [0.25, 0.3) is 0 Å². The van der Waals surface area contributed by atoms with Crippen molar-refractivity contribution in [3.63, 3.8) is 0 Å². The first-order valence-corrected chi connectivity index (χ1v) is 6.53. The molecule has 0 saturated heterocycles. The maximum Gasteiger partial charge on any atom is 0.138 e. The minimum Gasteiger partial charge on any atom is -0.506 e. The van der Waals surface area contributed by atoms with Crippen molar-refractivity contribution >= 4 is 22.9 Å². The van der Waals surface area contributed by atoms with E-state index in [1.165, 1.54) is 0 Å². The number of nitrogens with zero attached hydrogens (tertiary/aromatic N) is 1. The van der Waals surface area contributed by atoms with E-state index in [-0.39, 0.29) is 11.8 Å². The predicted octanol–water partition coefficient (Wildman–Crippen LogP) is 3.35. The average molecular weight is 269 g/mol. The highest BCUT2D eigenvalue weighted by molar-refractivity contribution is 7.09. The van der Waals surface area contributed by atoms with Crippen LogP contribution in [0.1, 0.15) is 23.5 Å². The molecule has 0 bridgehead atoms. The van der Waals surface area contributed by atoms with Gasteiger partial charge in [-0.2, -0.15) is 0 Å². The number of para-hydroxylation sites is 1. The van der Waals surface area contributed by atoms with Crippen LogP contribution in [0.4, 0.5) is 0 Å². The van der Waals surface area contributed by atoms with Gasteiger partial charge in [-0.15, -0.1) is 11.3 Å². The van der Waals surface area contributed by atoms with Crippen molar-refractivity contribution < 1.29 is 5.11 Å². The zero-order chi connectivity index (χ0) is 12.3. The molecule has 0 aliphatic carbocycles. The van der Waals surface area contributed by atoms with Crippen LogP contribution in [0.2, 0.25) is 5.02 Å². The number of benzene rings is 1. The van der Waals surface area contributed by atoms with Gasteiger partial charge in [0.2, 0.25) is 0 Å². The summed E-state index contributed by atoms with van der Waals surface area (Å²) in [5, 5.41) is 16.4. The van der Waals surface area contributed by atoms with Gasteiger partial charge in [-0.25, -0.2) is 4.98 Å². The second-order valence-electron chi connectivity index (χ2n) is 3.72. The zero-order valence-electron chi connectivity index (χ0n) is 9.35. The molecule has 0 aliphatic heterocycles. The van der Waals surface area contributed by atoms with Gasteiger partial charge in [0.1, 0.15) is 10.8 Å². The number of halogens is 1. The van der Waals surface area contributed by atoms with E-state index in [0.717, 1.165) is 10.6 Å². The lowest BCUT2D eigenvalue weighted by atomic mass is 10.2. The Morgan fingerprint density at radius 2 is 2.35 bits per heavy atom. The molecule has 2 N–H and O–H groups in total. The predicted molar refractivity (Wildman–Crippen MR) is 70.5 cm³/mol. The van der Waals surface area contributed by atoms with Crippen LogP contribution in [0.15, 0.2) is 29.8 Å². The van der Waals surface area contributed by atoms with E-state index in [2.05, 4.69) is 10.3 Å². The van der Waals surface area contributed by atoms with E-state index in [1.54, 1.807) is 23.6 Å². The van der Waals surface area contributed by atoms with Gasteiger partial charge in [0.15, 0.2) is 0 Å². The highest BCUT2D eigenvalue weighted by atomic mass is 35.5. The average Bonchev–Trinajstić information content (AvgIpc) is 2.84. The monoisotopic (exact) mass is 268 g/mol. The number of aromatic hydroxyl groups is 1. The van der Waals surface area contributed by atoms with Gasteiger partial charge in [-0.1, -0.05) is 23.7 Å². The molecule has 0 fully saturated rings. The molecule has 5 heteroatoms. The fourth-order valence-corrected chi connectivity index (χ4v) is 2.37. The van der Waals surface area contributed by atoms with Crippen LogP contribution < -0.4 is 5.32 Å². The molecule has 1 unspecified atom stereocenters. The third-order valence-electron chi connectivity index (χ3n) is 2.49. The SMILES string of the molecule is CC(NCc1cccc(Cl)c1O)c1nccs1. The van der Waals surface area contributed by atoms with Crippen LogP contribution in [0, 0.1) is 0 Å². The van der Waals surface area contributed by atoms with Gasteiger partial charge >= 0.3 is 0 Å². The summed E-state index contributed by atoms with van der Waals surface area (Å²) in [6.45, 7) is 2.60. The van der Waals surface area contributed by atoms with E-state index in [1.807, 2.05) is 24.4 Å². The minimum atomic E-state index is 0.146. The summed E-state index contributed by atoms with van der Waals surface area (Å²) < 4.78 is 0. The van der Waals surface area contributed by atoms with Crippen LogP contribution in [-0.4, -0.2) is 10.1 Å². The standard InChI is InChI=1S/C12H13ClN2OS/c1-8(12-14-5-6-17-12)15-7-9-3-2-4-10(13)11(9)16/h2-6,8,15-16H,7H2,1H3. The van der Waals surface area contributed by atoms with E-state index in [9.17, 15) is 5.11 Å². The number of nitrogens with one attached hydrogen (secondary N) is 1. The quantitative estimate of drug-likeness (QED) is 0.894. The van der Waals surface area contributed by atoms with Crippen molar-refractivity contribution in [2.45, 2.75) is 19.5 Å². The second-order valence-corrected chi connectivity index (χ2v) is 5.05. The molecular weight excluding hydrogens is 256 g/mol. The molecule has 1 aromatic heterocycles. The molecule has 0 aliphatic rings. The van der Waals surface area contributed by atoms with Gasteiger partial charge in [0, 0.05) is 23.7 Å². The Hall–Kier alpha value is -1.10. The summed E-state index contributed by atoms with van der Waals surface area (Å²) in [6, 6.07) is 5.51. The van der Waals surface area contributed by atoms with Crippen molar-refractivity contribution in [2.75, 3.05) is 0 Å². The van der Waals surface area contributed by atoms with E-state index < -0.39 is 0 Å². The Bertz CT molecular complexity index is 487. The van der Waals surface area contributed by atoms with Crippen molar-refractivity contribution in [2.24, 2.45) is 0 Å². The zero-order valence-corrected chi connectivity index (χ0v) is 10.9. The largest absolute Gasteiger partial charge is 0.506 e. The number of phenolic OH excluding ortho intramolecular Hbond substituents is 1. The number of phenols is 1. The van der Waals surface area contributed by atoms with Crippen LogP contribution in [-0.2, 0) is 6.54 Å². The molecule has 90 valence electrons. The number of hydrogen-bond acceptors (Lipinski definition) is 4. The normalized spacial score (nSPS) is 12.6. The van der Waals surface area contributed by atoms with E-state index in [4.69, 9.17) is 11.6 Å². The fraction of sp³-hybridized carbons (Fsp3) is 0.250. The lowest BCUT2D eigenvalue weighted by molar-refractivity contribution is 0.460. The summed E-state index contributed by atoms with van der Waals surface area (Å²) >= 11 is 7.45. The second kappa shape index (κ2) is 5.49. The van der Waals surface area contributed by atoms with Crippen molar-refractivity contribution in [3.05, 3.63) is 45.4 Å². The van der Waals surface area contributed by atoms with Crippen LogP contribution >= 0.6 is 22.9 Å². The topological polar surface area (TPSA) is 45.1 Å². The summed E-state index contributed by atoms with van der Waals surface area (Å²) in [7, 11) is 0. The smallest absolute Gasteiger partial charge is 0.138 e. The van der Waals surface area contributed by atoms with Gasteiger partial charge < -0.3 is 10.4 Å². The Labute approximate surface area is 109 Å². The number of aromatic nitrogens is 1. The molecule has 1 heterocycles. The van der Waals surface area contributed by atoms with Crippen LogP contribution in [0.3, 0.4) is 0 Å². The van der Waals surface area contributed by atoms with Gasteiger partial charge in [-0.3, -0.25) is 0 Å². The number of thiazole rings is 1. The first-order valence-electron chi connectivity index (χ1n) is 5.27. The Morgan fingerprint density at radius 3 is 3.06 bits per heavy atom. The number of hydrogen-bond donors (Lipinski definition) is 2. The molecule has 1 aromatic carbocycles. The maximum absolute atomic E-state index is 9.76. The van der Waals surface area contributed by atoms with Crippen molar-refractivity contribution in [3.8, 4) is 5.75 Å². The lowest BCUT2D eigenvalue weighted by Gasteiger charge is -2.12. The Morgan fingerprint density at radius 1 is 1.53 bits per heavy atom. The lowest BCUT2D eigenvalue weighted by Crippen LogP contribution is -2.17. The summed E-state index contributed by atoms with van der Waals surface area (Å²) in [5.41, 5.74) is 0.793. The molecule has 2 rings (SSSR count). The summed E-state index contributed by atoms with van der Waals surface area (Å²) in [4.78, 5) is 4.24. The van der Waals surface area contributed by atoms with Gasteiger partial charge in [0.25, 0.3) is 0 Å². The molecule has 0 amide bonds. The molecule has 2 aromatic rings. The first-order chi connectivity index (χ1) is 8.18. The molecule has 1 atom stereocenters. The Balaban J connectivity index is 2.00. The molecule has 0 spiro atoms. The van der Waals surface area contributed by atoms with Gasteiger partial charge in [-0.05, 0) is 13.0 Å². The molecule has 3 nitrogen and oxygen atoms in total. The fourth-order valence-electron chi connectivity index (χ4n) is 1.50. The first kappa shape index (κ1) is 12.4. The van der Waals surface area contributed by atoms with Crippen LogP contribution in [0.5, 0.6) is 5.75 Å². The minimum absolute atomic E-state index is 0.146. The maximum atomic E-state index is 9.76. The summed E-state index contributed by atoms with van der Waals surface area (Å²) in [6.07, 6.45) is 1.79. The van der Waals surface area contributed by atoms with E-state index >= 15 is 0 Å². The highest BCUT2D eigenvalue weighted by Crippen LogP contribution is 2.27. The molecule has 0 saturated carbocycles. The van der Waals surface area contributed by atoms with Crippen molar-refractivity contribution in [1.29, 1.82) is 0 Å². The van der Waals surface area contributed by atoms with Crippen molar-refractivity contribution in [1.82, 2.24) is 10.3 Å². The van der Waals surface area contributed by atoms with E-state index in [0.29, 0.717) is 11.6 Å². The number of rotatable bonds is 4. The third-order valence-corrected chi connectivity index (χ3v) is 3.75. The Kier molecular flexibility index (Phi) is 3.99.